The Balaban J connectivity index is 2.17. The van der Waals surface area contributed by atoms with Crippen molar-refractivity contribution in [3.63, 3.8) is 0 Å². The van der Waals surface area contributed by atoms with Gasteiger partial charge >= 0.3 is 0 Å². The summed E-state index contributed by atoms with van der Waals surface area (Å²) in [7, 11) is 0. The molecule has 0 N–H and O–H groups in total. The molecule has 14 heavy (non-hydrogen) atoms. The number of aromatic nitrogens is 2. The van der Waals surface area contributed by atoms with Gasteiger partial charge in [-0.15, -0.1) is 0 Å². The van der Waals surface area contributed by atoms with Gasteiger partial charge in [0, 0.05) is 12.8 Å². The lowest BCUT2D eigenvalue weighted by Gasteiger charge is -2.20. The van der Waals surface area contributed by atoms with Crippen LogP contribution in [0.15, 0.2) is 17.0 Å². The zero-order valence-corrected chi connectivity index (χ0v) is 9.03. The zero-order chi connectivity index (χ0) is 9.97. The number of carbonyl (C=O) groups is 1. The summed E-state index contributed by atoms with van der Waals surface area (Å²) in [5.41, 5.74) is 0.764. The molecule has 0 aromatic carbocycles. The molecule has 1 aromatic rings. The number of ketones is 1. The van der Waals surface area contributed by atoms with Crippen LogP contribution >= 0.6 is 15.9 Å². The summed E-state index contributed by atoms with van der Waals surface area (Å²) in [5, 5.41) is 0. The van der Waals surface area contributed by atoms with Crippen LogP contribution in [-0.4, -0.2) is 22.4 Å². The van der Waals surface area contributed by atoms with E-state index in [0.29, 0.717) is 24.1 Å². The highest BCUT2D eigenvalue weighted by atomic mass is 79.9. The van der Waals surface area contributed by atoms with Crippen molar-refractivity contribution in [2.75, 3.05) is 6.61 Å². The van der Waals surface area contributed by atoms with E-state index in [1.807, 2.05) is 0 Å². The van der Waals surface area contributed by atoms with Crippen LogP contribution in [-0.2, 0) is 9.53 Å². The zero-order valence-electron chi connectivity index (χ0n) is 7.44. The minimum absolute atomic E-state index is 0.199. The number of rotatable bonds is 1. The molecule has 0 spiro atoms. The number of hydrogen-bond acceptors (Lipinski definition) is 4. The van der Waals surface area contributed by atoms with Gasteiger partial charge in [-0.3, -0.25) is 4.79 Å². The molecule has 1 unspecified atom stereocenters. The van der Waals surface area contributed by atoms with Gasteiger partial charge in [-0.1, -0.05) is 0 Å². The first kappa shape index (κ1) is 9.73. The molecular weight excluding hydrogens is 248 g/mol. The predicted molar refractivity (Wildman–Crippen MR) is 52.7 cm³/mol. The molecule has 1 aliphatic heterocycles. The lowest BCUT2D eigenvalue weighted by Crippen LogP contribution is -2.20. The molecule has 0 bridgehead atoms. The van der Waals surface area contributed by atoms with Gasteiger partial charge in [0.25, 0.3) is 0 Å². The van der Waals surface area contributed by atoms with Gasteiger partial charge in [-0.25, -0.2) is 9.97 Å². The summed E-state index contributed by atoms with van der Waals surface area (Å²) in [4.78, 5) is 19.2. The third-order valence-electron chi connectivity index (χ3n) is 2.10. The fraction of sp³-hybridized carbons (Fsp3) is 0.444. The quantitative estimate of drug-likeness (QED) is 0.718. The summed E-state index contributed by atoms with van der Waals surface area (Å²) in [6, 6.07) is 1.78. The van der Waals surface area contributed by atoms with Crippen molar-refractivity contribution in [3.8, 4) is 0 Å². The van der Waals surface area contributed by atoms with Crippen LogP contribution in [0.4, 0.5) is 0 Å². The van der Waals surface area contributed by atoms with Crippen molar-refractivity contribution in [3.05, 3.63) is 22.7 Å². The number of hydrogen-bond donors (Lipinski definition) is 0. The Hall–Kier alpha value is -0.810. The van der Waals surface area contributed by atoms with Crippen LogP contribution in [0.1, 0.15) is 24.6 Å². The van der Waals surface area contributed by atoms with E-state index in [0.717, 1.165) is 5.69 Å². The van der Waals surface area contributed by atoms with Gasteiger partial charge in [-0.05, 0) is 22.0 Å². The minimum atomic E-state index is -0.199. The smallest absolute Gasteiger partial charge is 0.138 e. The van der Waals surface area contributed by atoms with E-state index in [2.05, 4.69) is 25.9 Å². The summed E-state index contributed by atoms with van der Waals surface area (Å²) in [6.07, 6.45) is 2.20. The first-order valence-electron chi connectivity index (χ1n) is 4.36. The fourth-order valence-corrected chi connectivity index (χ4v) is 1.72. The summed E-state index contributed by atoms with van der Waals surface area (Å²) >= 11 is 3.25. The van der Waals surface area contributed by atoms with Crippen LogP contribution < -0.4 is 0 Å². The molecule has 0 amide bonds. The summed E-state index contributed by atoms with van der Waals surface area (Å²) < 4.78 is 6.17. The number of Topliss-reactive ketones (excluding diaryl/α,β-unsaturated/α-hetero) is 1. The summed E-state index contributed by atoms with van der Waals surface area (Å²) in [5.74, 6) is 0.232. The largest absolute Gasteiger partial charge is 0.371 e. The van der Waals surface area contributed by atoms with Crippen molar-refractivity contribution in [2.24, 2.45) is 0 Å². The van der Waals surface area contributed by atoms with Crippen molar-refractivity contribution in [1.82, 2.24) is 9.97 Å². The average Bonchev–Trinajstić information content (AvgIpc) is 2.18. The minimum Gasteiger partial charge on any atom is -0.371 e. The first-order valence-corrected chi connectivity index (χ1v) is 5.16. The highest BCUT2D eigenvalue weighted by molar-refractivity contribution is 9.10. The maximum Gasteiger partial charge on any atom is 0.138 e. The van der Waals surface area contributed by atoms with Crippen LogP contribution in [0.3, 0.4) is 0 Å². The molecule has 4 nitrogen and oxygen atoms in total. The Morgan fingerprint density at radius 3 is 3.07 bits per heavy atom. The van der Waals surface area contributed by atoms with Crippen LogP contribution in [0, 0.1) is 0 Å². The van der Waals surface area contributed by atoms with E-state index in [1.165, 1.54) is 6.33 Å². The predicted octanol–water partition coefficient (Wildman–Crippen LogP) is 1.66. The van der Waals surface area contributed by atoms with Crippen LogP contribution in [0.2, 0.25) is 0 Å². The number of ether oxygens (including phenoxy) is 1. The van der Waals surface area contributed by atoms with E-state index in [1.54, 1.807) is 6.07 Å². The van der Waals surface area contributed by atoms with Crippen molar-refractivity contribution >= 4 is 21.7 Å². The Morgan fingerprint density at radius 1 is 1.50 bits per heavy atom. The van der Waals surface area contributed by atoms with Gasteiger partial charge in [0.05, 0.1) is 12.3 Å². The molecule has 2 rings (SSSR count). The van der Waals surface area contributed by atoms with Gasteiger partial charge in [0.2, 0.25) is 0 Å². The Kier molecular flexibility index (Phi) is 2.88. The van der Waals surface area contributed by atoms with Crippen molar-refractivity contribution in [2.45, 2.75) is 18.9 Å². The SMILES string of the molecule is O=C1CCOC(c2cc(Br)ncn2)C1. The molecule has 5 heteroatoms. The topological polar surface area (TPSA) is 52.1 Å². The van der Waals surface area contributed by atoms with Gasteiger partial charge in [0.15, 0.2) is 0 Å². The normalized spacial score (nSPS) is 22.4. The standard InChI is InChI=1S/C9H9BrN2O2/c10-9-4-7(11-5-12-9)8-3-6(13)1-2-14-8/h4-5,8H,1-3H2. The highest BCUT2D eigenvalue weighted by Crippen LogP contribution is 2.25. The van der Waals surface area contributed by atoms with E-state index in [-0.39, 0.29) is 11.9 Å². The third-order valence-corrected chi connectivity index (χ3v) is 2.53. The second-order valence-electron chi connectivity index (χ2n) is 3.12. The lowest BCUT2D eigenvalue weighted by molar-refractivity contribution is -0.128. The third kappa shape index (κ3) is 2.16. The van der Waals surface area contributed by atoms with E-state index in [9.17, 15) is 4.79 Å². The number of carbonyl (C=O) groups excluding carboxylic acids is 1. The fourth-order valence-electron chi connectivity index (χ4n) is 1.40. The van der Waals surface area contributed by atoms with Gasteiger partial charge in [0.1, 0.15) is 22.8 Å². The van der Waals surface area contributed by atoms with Crippen LogP contribution in [0.5, 0.6) is 0 Å². The molecule has 74 valence electrons. The van der Waals surface area contributed by atoms with Gasteiger partial charge < -0.3 is 4.74 Å². The molecule has 1 aromatic heterocycles. The first-order chi connectivity index (χ1) is 6.75. The van der Waals surface area contributed by atoms with E-state index in [4.69, 9.17) is 4.74 Å². The van der Waals surface area contributed by atoms with E-state index >= 15 is 0 Å². The maximum absolute atomic E-state index is 11.2. The second-order valence-corrected chi connectivity index (χ2v) is 3.93. The molecule has 0 saturated carbocycles. The van der Waals surface area contributed by atoms with E-state index < -0.39 is 0 Å². The maximum atomic E-state index is 11.2. The molecule has 1 saturated heterocycles. The molecule has 0 radical (unpaired) electrons. The Bertz CT molecular complexity index is 356. The molecule has 1 aliphatic rings. The molecule has 1 atom stereocenters. The van der Waals surface area contributed by atoms with Crippen LogP contribution in [0.25, 0.3) is 0 Å². The Morgan fingerprint density at radius 2 is 2.36 bits per heavy atom. The molecule has 2 heterocycles. The monoisotopic (exact) mass is 256 g/mol. The van der Waals surface area contributed by atoms with Crippen molar-refractivity contribution < 1.29 is 9.53 Å². The average molecular weight is 257 g/mol. The highest BCUT2D eigenvalue weighted by Gasteiger charge is 2.22. The number of nitrogens with zero attached hydrogens (tertiary/aromatic N) is 2. The number of halogens is 1. The summed E-state index contributed by atoms with van der Waals surface area (Å²) in [6.45, 7) is 0.491. The second kappa shape index (κ2) is 4.14. The van der Waals surface area contributed by atoms with Gasteiger partial charge in [-0.2, -0.15) is 0 Å². The molecular formula is C9H9BrN2O2. The van der Waals surface area contributed by atoms with Crippen molar-refractivity contribution in [1.29, 1.82) is 0 Å². The molecule has 0 aliphatic carbocycles. The molecule has 1 fully saturated rings. The Labute approximate surface area is 89.8 Å². The lowest BCUT2D eigenvalue weighted by atomic mass is 10.1.